The Morgan fingerprint density at radius 3 is 2.24 bits per heavy atom. The fourth-order valence-corrected chi connectivity index (χ4v) is 3.34. The van der Waals surface area contributed by atoms with Gasteiger partial charge >= 0.3 is 0 Å². The zero-order valence-corrected chi connectivity index (χ0v) is 13.8. The summed E-state index contributed by atoms with van der Waals surface area (Å²) in [5.41, 5.74) is 4.59. The number of hydrogen-bond donors (Lipinski definition) is 1. The lowest BCUT2D eigenvalue weighted by atomic mass is 10.2. The Morgan fingerprint density at radius 1 is 1.10 bits per heavy atom. The van der Waals surface area contributed by atoms with Crippen LogP contribution in [-0.2, 0) is 23.5 Å². The maximum Gasteiger partial charge on any atom is 0.240 e. The third-order valence-corrected chi connectivity index (χ3v) is 5.37. The smallest absolute Gasteiger partial charge is 0.240 e. The van der Waals surface area contributed by atoms with Crippen LogP contribution < -0.4 is 4.72 Å². The highest BCUT2D eigenvalue weighted by Crippen LogP contribution is 2.14. The van der Waals surface area contributed by atoms with Gasteiger partial charge in [-0.2, -0.15) is 0 Å². The molecule has 1 aromatic carbocycles. The third kappa shape index (κ3) is 3.54. The summed E-state index contributed by atoms with van der Waals surface area (Å²) in [6.45, 7) is 6.44. The molecule has 0 atom stereocenters. The molecular weight excluding hydrogens is 284 g/mol. The molecule has 0 fully saturated rings. The van der Waals surface area contributed by atoms with E-state index in [1.54, 1.807) is 24.3 Å². The summed E-state index contributed by atoms with van der Waals surface area (Å²) < 4.78 is 29.1. The summed E-state index contributed by atoms with van der Waals surface area (Å²) in [7, 11) is -1.40. The average molecular weight is 306 g/mol. The van der Waals surface area contributed by atoms with Gasteiger partial charge in [-0.15, -0.1) is 0 Å². The van der Waals surface area contributed by atoms with Crippen LogP contribution in [0.5, 0.6) is 0 Å². The highest BCUT2D eigenvalue weighted by atomic mass is 32.2. The van der Waals surface area contributed by atoms with Crippen LogP contribution in [0.15, 0.2) is 35.2 Å². The zero-order chi connectivity index (χ0) is 15.6. The van der Waals surface area contributed by atoms with Crippen molar-refractivity contribution in [3.05, 3.63) is 52.8 Å². The first-order valence-electron chi connectivity index (χ1n) is 6.99. The Kier molecular flexibility index (Phi) is 4.54. The van der Waals surface area contributed by atoms with E-state index in [9.17, 15) is 8.42 Å². The largest absolute Gasteiger partial charge is 0.352 e. The van der Waals surface area contributed by atoms with Crippen LogP contribution in [0.4, 0.5) is 0 Å². The Balaban J connectivity index is 2.02. The van der Waals surface area contributed by atoms with Gasteiger partial charge in [0.05, 0.1) is 4.90 Å². The van der Waals surface area contributed by atoms with Gasteiger partial charge in [0.25, 0.3) is 0 Å². The van der Waals surface area contributed by atoms with Crippen LogP contribution >= 0.6 is 0 Å². The molecule has 0 radical (unpaired) electrons. The number of aromatic nitrogens is 1. The second kappa shape index (κ2) is 6.03. The molecule has 2 rings (SSSR count). The van der Waals surface area contributed by atoms with Crippen molar-refractivity contribution < 1.29 is 8.42 Å². The number of nitrogens with zero attached hydrogens (tertiary/aromatic N) is 1. The monoisotopic (exact) mass is 306 g/mol. The van der Waals surface area contributed by atoms with E-state index in [-0.39, 0.29) is 0 Å². The zero-order valence-electron chi connectivity index (χ0n) is 13.0. The molecule has 0 aliphatic rings. The lowest BCUT2D eigenvalue weighted by Crippen LogP contribution is -2.26. The number of hydrogen-bond acceptors (Lipinski definition) is 2. The molecule has 0 saturated carbocycles. The van der Waals surface area contributed by atoms with Crippen molar-refractivity contribution in [2.45, 2.75) is 32.1 Å². The van der Waals surface area contributed by atoms with Gasteiger partial charge in [-0.1, -0.05) is 17.7 Å². The summed E-state index contributed by atoms with van der Waals surface area (Å²) >= 11 is 0. The second-order valence-electron chi connectivity index (χ2n) is 5.42. The highest BCUT2D eigenvalue weighted by molar-refractivity contribution is 7.89. The van der Waals surface area contributed by atoms with Crippen molar-refractivity contribution >= 4 is 10.0 Å². The van der Waals surface area contributed by atoms with E-state index in [4.69, 9.17) is 0 Å². The van der Waals surface area contributed by atoms with Crippen molar-refractivity contribution in [2.75, 3.05) is 6.54 Å². The lowest BCUT2D eigenvalue weighted by Gasteiger charge is -2.07. The first-order valence-corrected chi connectivity index (χ1v) is 8.47. The molecule has 1 heterocycles. The van der Waals surface area contributed by atoms with Crippen molar-refractivity contribution in [3.8, 4) is 0 Å². The van der Waals surface area contributed by atoms with Crippen LogP contribution in [0.3, 0.4) is 0 Å². The normalized spacial score (nSPS) is 11.8. The molecule has 0 spiro atoms. The molecule has 0 bridgehead atoms. The van der Waals surface area contributed by atoms with E-state index in [1.165, 1.54) is 17.0 Å². The van der Waals surface area contributed by atoms with Crippen LogP contribution in [0.25, 0.3) is 0 Å². The molecule has 21 heavy (non-hydrogen) atoms. The van der Waals surface area contributed by atoms with Gasteiger partial charge in [0, 0.05) is 25.0 Å². The molecule has 0 unspecified atom stereocenters. The maximum absolute atomic E-state index is 12.2. The van der Waals surface area contributed by atoms with E-state index in [1.807, 2.05) is 20.9 Å². The van der Waals surface area contributed by atoms with E-state index < -0.39 is 10.0 Å². The SMILES string of the molecule is Cc1ccc(S(=O)(=O)NCCc2cc(C)n(C)c2C)cc1. The van der Waals surface area contributed by atoms with Crippen molar-refractivity contribution in [1.29, 1.82) is 0 Å². The number of benzene rings is 1. The van der Waals surface area contributed by atoms with Crippen LogP contribution in [0.2, 0.25) is 0 Å². The molecule has 2 aromatic rings. The minimum atomic E-state index is -3.42. The molecular formula is C16H22N2O2S. The quantitative estimate of drug-likeness (QED) is 0.922. The van der Waals surface area contributed by atoms with Crippen LogP contribution in [0.1, 0.15) is 22.5 Å². The Bertz CT molecular complexity index is 728. The maximum atomic E-state index is 12.2. The Morgan fingerprint density at radius 2 is 1.71 bits per heavy atom. The van der Waals surface area contributed by atoms with Gasteiger partial charge in [0.15, 0.2) is 0 Å². The summed E-state index contributed by atoms with van der Waals surface area (Å²) in [6, 6.07) is 8.99. The molecule has 5 heteroatoms. The number of rotatable bonds is 5. The number of aryl methyl sites for hydroxylation is 2. The topological polar surface area (TPSA) is 51.1 Å². The van der Waals surface area contributed by atoms with Gasteiger partial charge in [-0.3, -0.25) is 0 Å². The molecule has 0 aliphatic carbocycles. The van der Waals surface area contributed by atoms with Gasteiger partial charge in [-0.25, -0.2) is 13.1 Å². The van der Waals surface area contributed by atoms with Crippen molar-refractivity contribution in [3.63, 3.8) is 0 Å². The van der Waals surface area contributed by atoms with Gasteiger partial charge < -0.3 is 4.57 Å². The van der Waals surface area contributed by atoms with Crippen LogP contribution in [0, 0.1) is 20.8 Å². The fourth-order valence-electron chi connectivity index (χ4n) is 2.31. The second-order valence-corrected chi connectivity index (χ2v) is 7.18. The summed E-state index contributed by atoms with van der Waals surface area (Å²) in [5.74, 6) is 0. The standard InChI is InChI=1S/C16H22N2O2S/c1-12-5-7-16(8-6-12)21(19,20)17-10-9-15-11-13(2)18(4)14(15)3/h5-8,11,17H,9-10H2,1-4H3. The lowest BCUT2D eigenvalue weighted by molar-refractivity contribution is 0.581. The third-order valence-electron chi connectivity index (χ3n) is 3.90. The predicted octanol–water partition coefficient (Wildman–Crippen LogP) is 2.47. The first-order chi connectivity index (χ1) is 9.81. The minimum absolute atomic E-state index is 0.314. The summed E-state index contributed by atoms with van der Waals surface area (Å²) in [6.07, 6.45) is 0.693. The van der Waals surface area contributed by atoms with Gasteiger partial charge in [-0.05, 0) is 51.0 Å². The molecule has 0 amide bonds. The summed E-state index contributed by atoms with van der Waals surface area (Å²) in [5, 5.41) is 0. The molecule has 4 nitrogen and oxygen atoms in total. The Labute approximate surface area is 126 Å². The van der Waals surface area contributed by atoms with Gasteiger partial charge in [0.2, 0.25) is 10.0 Å². The molecule has 0 aliphatic heterocycles. The Hall–Kier alpha value is -1.59. The number of sulfonamides is 1. The summed E-state index contributed by atoms with van der Waals surface area (Å²) in [4.78, 5) is 0.314. The van der Waals surface area contributed by atoms with E-state index in [2.05, 4.69) is 22.3 Å². The molecule has 1 aromatic heterocycles. The molecule has 114 valence electrons. The minimum Gasteiger partial charge on any atom is -0.352 e. The van der Waals surface area contributed by atoms with Gasteiger partial charge in [0.1, 0.15) is 0 Å². The highest BCUT2D eigenvalue weighted by Gasteiger charge is 2.13. The fraction of sp³-hybridized carbons (Fsp3) is 0.375. The average Bonchev–Trinajstić information content (AvgIpc) is 2.67. The van der Waals surface area contributed by atoms with Crippen molar-refractivity contribution in [1.82, 2.24) is 9.29 Å². The predicted molar refractivity (Wildman–Crippen MR) is 85.0 cm³/mol. The molecule has 0 saturated heterocycles. The van der Waals surface area contributed by atoms with E-state index in [0.29, 0.717) is 17.9 Å². The van der Waals surface area contributed by atoms with Crippen molar-refractivity contribution in [2.24, 2.45) is 7.05 Å². The molecule has 1 N–H and O–H groups in total. The van der Waals surface area contributed by atoms with Crippen LogP contribution in [-0.4, -0.2) is 19.5 Å². The first kappa shape index (κ1) is 15.8. The van der Waals surface area contributed by atoms with E-state index >= 15 is 0 Å². The number of nitrogens with one attached hydrogen (secondary N) is 1. The van der Waals surface area contributed by atoms with E-state index in [0.717, 1.165) is 5.56 Å².